The first-order valence-corrected chi connectivity index (χ1v) is 10.5. The molecular weight excluding hydrogens is 396 g/mol. The number of aromatic nitrogens is 3. The molecule has 0 aliphatic heterocycles. The molecule has 30 heavy (non-hydrogen) atoms. The molecule has 0 aliphatic carbocycles. The van der Waals surface area contributed by atoms with Crippen LogP contribution in [0, 0.1) is 0 Å². The summed E-state index contributed by atoms with van der Waals surface area (Å²) >= 11 is 1.66. The van der Waals surface area contributed by atoms with Crippen molar-refractivity contribution in [3.63, 3.8) is 0 Å². The SMILES string of the molecule is O=C(NC[C@H](c1cccs1)c1c[nH]c2ccccc12)c1n[nH]c(=O)c2ccccc12. The van der Waals surface area contributed by atoms with E-state index in [1.807, 2.05) is 35.8 Å². The second-order valence-electron chi connectivity index (χ2n) is 7.01. The van der Waals surface area contributed by atoms with Crippen molar-refractivity contribution < 1.29 is 4.79 Å². The van der Waals surface area contributed by atoms with Gasteiger partial charge in [-0.2, -0.15) is 5.10 Å². The van der Waals surface area contributed by atoms with E-state index in [2.05, 4.69) is 32.6 Å². The average Bonchev–Trinajstić information content (AvgIpc) is 3.45. The molecule has 3 aromatic heterocycles. The first-order chi connectivity index (χ1) is 14.7. The van der Waals surface area contributed by atoms with Crippen molar-refractivity contribution >= 4 is 38.9 Å². The molecule has 0 saturated carbocycles. The Morgan fingerprint density at radius 3 is 2.57 bits per heavy atom. The number of carbonyl (C=O) groups is 1. The Hall–Kier alpha value is -3.71. The third-order valence-corrected chi connectivity index (χ3v) is 6.25. The lowest BCUT2D eigenvalue weighted by atomic mass is 9.96. The summed E-state index contributed by atoms with van der Waals surface area (Å²) in [5.41, 5.74) is 2.10. The summed E-state index contributed by atoms with van der Waals surface area (Å²) < 4.78 is 0. The van der Waals surface area contributed by atoms with Crippen LogP contribution in [0.1, 0.15) is 26.8 Å². The van der Waals surface area contributed by atoms with Crippen LogP contribution in [0.4, 0.5) is 0 Å². The maximum absolute atomic E-state index is 13.0. The number of amides is 1. The molecule has 7 heteroatoms. The molecule has 0 spiro atoms. The summed E-state index contributed by atoms with van der Waals surface area (Å²) in [6.45, 7) is 0.413. The maximum atomic E-state index is 13.0. The van der Waals surface area contributed by atoms with Crippen LogP contribution in [0.2, 0.25) is 0 Å². The fourth-order valence-corrected chi connectivity index (χ4v) is 4.65. The third-order valence-electron chi connectivity index (χ3n) is 5.26. The quantitative estimate of drug-likeness (QED) is 0.406. The molecule has 0 aliphatic rings. The van der Waals surface area contributed by atoms with E-state index >= 15 is 0 Å². The second-order valence-corrected chi connectivity index (χ2v) is 7.99. The van der Waals surface area contributed by atoms with Gasteiger partial charge in [-0.05, 0) is 29.1 Å². The lowest BCUT2D eigenvalue weighted by Crippen LogP contribution is -2.30. The van der Waals surface area contributed by atoms with Gasteiger partial charge >= 0.3 is 0 Å². The van der Waals surface area contributed by atoms with Crippen molar-refractivity contribution in [2.45, 2.75) is 5.92 Å². The number of H-pyrrole nitrogens is 2. The normalized spacial score (nSPS) is 12.3. The van der Waals surface area contributed by atoms with Crippen molar-refractivity contribution in [2.24, 2.45) is 0 Å². The minimum absolute atomic E-state index is 0.000810. The van der Waals surface area contributed by atoms with E-state index in [9.17, 15) is 9.59 Å². The zero-order valence-corrected chi connectivity index (χ0v) is 16.7. The summed E-state index contributed by atoms with van der Waals surface area (Å²) in [6.07, 6.45) is 2.01. The van der Waals surface area contributed by atoms with E-state index in [0.29, 0.717) is 17.3 Å². The smallest absolute Gasteiger partial charge is 0.272 e. The van der Waals surface area contributed by atoms with Crippen molar-refractivity contribution in [1.29, 1.82) is 0 Å². The molecule has 1 amide bonds. The number of para-hydroxylation sites is 1. The van der Waals surface area contributed by atoms with Gasteiger partial charge in [-0.3, -0.25) is 9.59 Å². The minimum atomic E-state index is -0.316. The standard InChI is InChI=1S/C23H18N4O2S/c28-22-16-8-2-1-7-15(16)21(26-27-22)23(29)25-13-18(20-10-5-11-30-20)17-12-24-19-9-4-3-6-14(17)19/h1-12,18,24H,13H2,(H,25,29)(H,27,28)/t18-/m0/s1. The summed E-state index contributed by atoms with van der Waals surface area (Å²) in [4.78, 5) is 29.5. The Morgan fingerprint density at radius 2 is 1.77 bits per heavy atom. The number of aromatic amines is 2. The minimum Gasteiger partial charge on any atom is -0.361 e. The Morgan fingerprint density at radius 1 is 1.00 bits per heavy atom. The van der Waals surface area contributed by atoms with Gasteiger partial charge in [-0.15, -0.1) is 11.3 Å². The molecule has 3 N–H and O–H groups in total. The number of rotatable bonds is 5. The van der Waals surface area contributed by atoms with Crippen LogP contribution < -0.4 is 10.9 Å². The molecule has 148 valence electrons. The van der Waals surface area contributed by atoms with E-state index in [4.69, 9.17) is 0 Å². The number of benzene rings is 2. The van der Waals surface area contributed by atoms with Crippen molar-refractivity contribution in [1.82, 2.24) is 20.5 Å². The van der Waals surface area contributed by atoms with E-state index in [-0.39, 0.29) is 23.1 Å². The number of hydrogen-bond donors (Lipinski definition) is 3. The van der Waals surface area contributed by atoms with E-state index in [1.165, 1.54) is 4.88 Å². The van der Waals surface area contributed by atoms with E-state index in [0.717, 1.165) is 16.5 Å². The highest BCUT2D eigenvalue weighted by Crippen LogP contribution is 2.32. The number of nitrogens with one attached hydrogen (secondary N) is 3. The molecule has 6 nitrogen and oxygen atoms in total. The van der Waals surface area contributed by atoms with Crippen LogP contribution in [0.25, 0.3) is 21.7 Å². The van der Waals surface area contributed by atoms with Crippen molar-refractivity contribution in [3.05, 3.63) is 98.7 Å². The summed E-state index contributed by atoms with van der Waals surface area (Å²) in [6, 6.07) is 19.2. The fourth-order valence-electron chi connectivity index (χ4n) is 3.80. The van der Waals surface area contributed by atoms with Gasteiger partial charge in [0.1, 0.15) is 0 Å². The van der Waals surface area contributed by atoms with Gasteiger partial charge in [0.2, 0.25) is 0 Å². The van der Waals surface area contributed by atoms with Crippen LogP contribution in [-0.4, -0.2) is 27.6 Å². The van der Waals surface area contributed by atoms with Crippen molar-refractivity contribution in [2.75, 3.05) is 6.54 Å². The molecule has 5 aromatic rings. The number of nitrogens with zero attached hydrogens (tertiary/aromatic N) is 1. The lowest BCUT2D eigenvalue weighted by Gasteiger charge is -2.16. The largest absolute Gasteiger partial charge is 0.361 e. The van der Waals surface area contributed by atoms with Gasteiger partial charge in [0.15, 0.2) is 5.69 Å². The molecule has 0 saturated heterocycles. The summed E-state index contributed by atoms with van der Waals surface area (Å²) in [5, 5.41) is 13.6. The van der Waals surface area contributed by atoms with Crippen LogP contribution in [-0.2, 0) is 0 Å². The van der Waals surface area contributed by atoms with Crippen LogP contribution in [0.3, 0.4) is 0 Å². The molecule has 0 unspecified atom stereocenters. The summed E-state index contributed by atoms with van der Waals surface area (Å²) in [7, 11) is 0. The molecular formula is C23H18N4O2S. The van der Waals surface area contributed by atoms with Gasteiger partial charge in [-0.25, -0.2) is 5.10 Å². The van der Waals surface area contributed by atoms with Gasteiger partial charge in [-0.1, -0.05) is 42.5 Å². The topological polar surface area (TPSA) is 90.6 Å². The van der Waals surface area contributed by atoms with Crippen LogP contribution >= 0.6 is 11.3 Å². The van der Waals surface area contributed by atoms with Crippen LogP contribution in [0.15, 0.2) is 77.0 Å². The van der Waals surface area contributed by atoms with Gasteiger partial charge < -0.3 is 10.3 Å². The van der Waals surface area contributed by atoms with E-state index < -0.39 is 0 Å². The fraction of sp³-hybridized carbons (Fsp3) is 0.0870. The molecule has 0 fully saturated rings. The predicted octanol–water partition coefficient (Wildman–Crippen LogP) is 4.03. The van der Waals surface area contributed by atoms with Gasteiger partial charge in [0, 0.05) is 39.8 Å². The molecule has 2 aromatic carbocycles. The lowest BCUT2D eigenvalue weighted by molar-refractivity contribution is 0.0948. The Labute approximate surface area is 175 Å². The highest BCUT2D eigenvalue weighted by Gasteiger charge is 2.21. The maximum Gasteiger partial charge on any atom is 0.272 e. The molecule has 0 bridgehead atoms. The number of thiophene rings is 1. The number of carbonyl (C=O) groups excluding carboxylic acids is 1. The predicted molar refractivity (Wildman–Crippen MR) is 119 cm³/mol. The van der Waals surface area contributed by atoms with Gasteiger partial charge in [0.25, 0.3) is 11.5 Å². The Balaban J connectivity index is 1.48. The highest BCUT2D eigenvalue weighted by atomic mass is 32.1. The molecule has 3 heterocycles. The zero-order chi connectivity index (χ0) is 20.5. The van der Waals surface area contributed by atoms with Crippen molar-refractivity contribution in [3.8, 4) is 0 Å². The van der Waals surface area contributed by atoms with Crippen LogP contribution in [0.5, 0.6) is 0 Å². The first kappa shape index (κ1) is 18.3. The second kappa shape index (κ2) is 7.61. The average molecular weight is 414 g/mol. The molecule has 5 rings (SSSR count). The monoisotopic (exact) mass is 414 g/mol. The Bertz CT molecular complexity index is 1400. The van der Waals surface area contributed by atoms with E-state index in [1.54, 1.807) is 35.6 Å². The first-order valence-electron chi connectivity index (χ1n) is 9.57. The Kier molecular flexibility index (Phi) is 4.65. The summed E-state index contributed by atoms with van der Waals surface area (Å²) in [5.74, 6) is -0.317. The highest BCUT2D eigenvalue weighted by molar-refractivity contribution is 7.10. The number of hydrogen-bond acceptors (Lipinski definition) is 4. The third kappa shape index (κ3) is 3.19. The molecule has 1 atom stereocenters. The molecule has 0 radical (unpaired) electrons. The zero-order valence-electron chi connectivity index (χ0n) is 15.9. The number of fused-ring (bicyclic) bond motifs is 2. The van der Waals surface area contributed by atoms with Gasteiger partial charge in [0.05, 0.1) is 5.39 Å².